The van der Waals surface area contributed by atoms with Crippen LogP contribution in [0.4, 0.5) is 0 Å². The molecule has 0 radical (unpaired) electrons. The third-order valence-corrected chi connectivity index (χ3v) is 4.17. The molecule has 1 aromatic heterocycles. The van der Waals surface area contributed by atoms with E-state index in [2.05, 4.69) is 16.9 Å². The van der Waals surface area contributed by atoms with Crippen LogP contribution in [0, 0.1) is 0 Å². The highest BCUT2D eigenvalue weighted by Gasteiger charge is 1.97. The molecule has 0 aliphatic carbocycles. The summed E-state index contributed by atoms with van der Waals surface area (Å²) >= 11 is 0. The number of aromatic nitrogens is 1. The minimum atomic E-state index is 0.0676. The molecule has 0 saturated heterocycles. The lowest BCUT2D eigenvalue weighted by Crippen LogP contribution is -2.00. The second-order valence-electron chi connectivity index (χ2n) is 6.55. The molecule has 0 saturated carbocycles. The number of unbranched alkanes of at least 4 members (excludes halogenated alkanes) is 9. The highest BCUT2D eigenvalue weighted by molar-refractivity contribution is 5.76. The quantitative estimate of drug-likeness (QED) is 0.340. The van der Waals surface area contributed by atoms with Gasteiger partial charge in [0.1, 0.15) is 0 Å². The van der Waals surface area contributed by atoms with Crippen molar-refractivity contribution in [2.75, 3.05) is 19.8 Å². The topological polar surface area (TPSA) is 54.7 Å². The van der Waals surface area contributed by atoms with E-state index >= 15 is 0 Å². The first kappa shape index (κ1) is 21.8. The summed E-state index contributed by atoms with van der Waals surface area (Å²) in [6.45, 7) is 4.11. The molecular weight excluding hydrogens is 312 g/mol. The lowest BCUT2D eigenvalue weighted by atomic mass is 10.1. The third kappa shape index (κ3) is 12.7. The van der Waals surface area contributed by atoms with E-state index in [4.69, 9.17) is 9.84 Å². The van der Waals surface area contributed by atoms with E-state index in [1.807, 2.05) is 18.2 Å². The van der Waals surface area contributed by atoms with Gasteiger partial charge in [-0.2, -0.15) is 0 Å². The van der Waals surface area contributed by atoms with Gasteiger partial charge >= 0.3 is 0 Å². The fraction of sp³-hybridized carbons (Fsp3) is 0.714. The maximum absolute atomic E-state index is 8.72. The molecule has 0 spiro atoms. The molecule has 0 atom stereocenters. The van der Waals surface area contributed by atoms with Crippen LogP contribution in [-0.2, 0) is 11.3 Å². The van der Waals surface area contributed by atoms with Crippen LogP contribution in [0.3, 0.4) is 0 Å². The Labute approximate surface area is 153 Å². The molecule has 0 aliphatic rings. The van der Waals surface area contributed by atoms with Crippen LogP contribution in [0.5, 0.6) is 0 Å². The fourth-order valence-electron chi connectivity index (χ4n) is 2.73. The molecule has 0 amide bonds. The van der Waals surface area contributed by atoms with Crippen molar-refractivity contribution in [2.45, 2.75) is 77.7 Å². The molecule has 4 heteroatoms. The van der Waals surface area contributed by atoms with E-state index in [9.17, 15) is 0 Å². The van der Waals surface area contributed by atoms with Gasteiger partial charge in [-0.05, 0) is 18.6 Å². The van der Waals surface area contributed by atoms with Crippen LogP contribution in [0.25, 0.3) is 0 Å². The van der Waals surface area contributed by atoms with Gasteiger partial charge in [-0.15, -0.1) is 0 Å². The summed E-state index contributed by atoms with van der Waals surface area (Å²) in [5.41, 5.74) is 1.74. The molecule has 0 fully saturated rings. The number of hydrogen-bond acceptors (Lipinski definition) is 4. The van der Waals surface area contributed by atoms with Gasteiger partial charge in [0.15, 0.2) is 0 Å². The molecule has 1 rings (SSSR count). The summed E-state index contributed by atoms with van der Waals surface area (Å²) in [4.78, 5) is 8.57. The molecular formula is C21H36N2O2. The highest BCUT2D eigenvalue weighted by Crippen LogP contribution is 2.10. The Kier molecular flexibility index (Phi) is 14.1. The lowest BCUT2D eigenvalue weighted by Gasteiger charge is -2.05. The molecule has 142 valence electrons. The van der Waals surface area contributed by atoms with E-state index < -0.39 is 0 Å². The van der Waals surface area contributed by atoms with Crippen molar-refractivity contribution in [1.29, 1.82) is 0 Å². The zero-order valence-electron chi connectivity index (χ0n) is 16.0. The maximum Gasteiger partial charge on any atom is 0.0888 e. The first-order chi connectivity index (χ1) is 12.4. The molecule has 1 heterocycles. The SMILES string of the molecule is CCCCCCCCCCCCOCc1cccc(C=NCCO)n1. The van der Waals surface area contributed by atoms with Crippen molar-refractivity contribution in [3.05, 3.63) is 29.6 Å². The molecule has 0 aliphatic heterocycles. The summed E-state index contributed by atoms with van der Waals surface area (Å²) in [6.07, 6.45) is 15.1. The van der Waals surface area contributed by atoms with E-state index in [1.165, 1.54) is 57.8 Å². The first-order valence-electron chi connectivity index (χ1n) is 10.0. The molecule has 25 heavy (non-hydrogen) atoms. The predicted octanol–water partition coefficient (Wildman–Crippen LogP) is 4.93. The fourth-order valence-corrected chi connectivity index (χ4v) is 2.73. The predicted molar refractivity (Wildman–Crippen MR) is 105 cm³/mol. The molecule has 1 aromatic rings. The van der Waals surface area contributed by atoms with Crippen molar-refractivity contribution in [1.82, 2.24) is 4.98 Å². The van der Waals surface area contributed by atoms with E-state index in [-0.39, 0.29) is 6.61 Å². The Hall–Kier alpha value is -1.26. The maximum atomic E-state index is 8.72. The van der Waals surface area contributed by atoms with E-state index in [1.54, 1.807) is 6.21 Å². The van der Waals surface area contributed by atoms with Gasteiger partial charge in [-0.25, -0.2) is 4.98 Å². The summed E-state index contributed by atoms with van der Waals surface area (Å²) in [7, 11) is 0. The summed E-state index contributed by atoms with van der Waals surface area (Å²) in [5.74, 6) is 0. The number of ether oxygens (including phenoxy) is 1. The number of rotatable bonds is 16. The smallest absolute Gasteiger partial charge is 0.0888 e. The zero-order valence-corrected chi connectivity index (χ0v) is 16.0. The van der Waals surface area contributed by atoms with Gasteiger partial charge in [0.05, 0.1) is 31.1 Å². The molecule has 1 N–H and O–H groups in total. The van der Waals surface area contributed by atoms with E-state index in [0.29, 0.717) is 13.2 Å². The third-order valence-electron chi connectivity index (χ3n) is 4.17. The van der Waals surface area contributed by atoms with Crippen LogP contribution >= 0.6 is 0 Å². The molecule has 0 bridgehead atoms. The van der Waals surface area contributed by atoms with Gasteiger partial charge in [-0.3, -0.25) is 4.99 Å². The van der Waals surface area contributed by atoms with Crippen LogP contribution in [-0.4, -0.2) is 36.1 Å². The Morgan fingerprint density at radius 2 is 1.68 bits per heavy atom. The van der Waals surface area contributed by atoms with Crippen molar-refractivity contribution in [3.8, 4) is 0 Å². The summed E-state index contributed by atoms with van der Waals surface area (Å²) < 4.78 is 5.73. The summed E-state index contributed by atoms with van der Waals surface area (Å²) in [5, 5.41) is 8.72. The van der Waals surface area contributed by atoms with Gasteiger partial charge in [0.2, 0.25) is 0 Å². The van der Waals surface area contributed by atoms with Gasteiger partial charge in [0.25, 0.3) is 0 Å². The van der Waals surface area contributed by atoms with Crippen molar-refractivity contribution >= 4 is 6.21 Å². The van der Waals surface area contributed by atoms with Crippen LogP contribution in [0.2, 0.25) is 0 Å². The summed E-state index contributed by atoms with van der Waals surface area (Å²) in [6, 6.07) is 5.85. The van der Waals surface area contributed by atoms with E-state index in [0.717, 1.165) is 24.4 Å². The molecule has 0 unspecified atom stereocenters. The average Bonchev–Trinajstić information content (AvgIpc) is 2.63. The minimum absolute atomic E-state index is 0.0676. The monoisotopic (exact) mass is 348 g/mol. The molecule has 0 aromatic carbocycles. The molecule has 4 nitrogen and oxygen atoms in total. The van der Waals surface area contributed by atoms with Gasteiger partial charge in [0, 0.05) is 12.8 Å². The Balaban J connectivity index is 1.98. The number of aliphatic hydroxyl groups excluding tert-OH is 1. The number of aliphatic imine (C=N–C) groups is 1. The van der Waals surface area contributed by atoms with Crippen LogP contribution in [0.15, 0.2) is 23.2 Å². The number of nitrogens with zero attached hydrogens (tertiary/aromatic N) is 2. The normalized spacial score (nSPS) is 11.4. The second kappa shape index (κ2) is 16.2. The van der Waals surface area contributed by atoms with Crippen molar-refractivity contribution < 1.29 is 9.84 Å². The number of pyridine rings is 1. The van der Waals surface area contributed by atoms with Gasteiger partial charge in [-0.1, -0.05) is 70.8 Å². The number of aliphatic hydroxyl groups is 1. The minimum Gasteiger partial charge on any atom is -0.394 e. The van der Waals surface area contributed by atoms with Gasteiger partial charge < -0.3 is 9.84 Å². The Morgan fingerprint density at radius 1 is 1.00 bits per heavy atom. The Bertz CT molecular complexity index is 449. The second-order valence-corrected chi connectivity index (χ2v) is 6.55. The van der Waals surface area contributed by atoms with Crippen LogP contribution in [0.1, 0.15) is 82.5 Å². The highest BCUT2D eigenvalue weighted by atomic mass is 16.5. The largest absolute Gasteiger partial charge is 0.394 e. The zero-order chi connectivity index (χ0) is 18.0. The standard InChI is InChI=1S/C21H36N2O2/c1-2-3-4-5-6-7-8-9-10-11-17-25-19-21-14-12-13-20(23-21)18-22-15-16-24/h12-14,18,24H,2-11,15-17,19H2,1H3. The average molecular weight is 349 g/mol. The van der Waals surface area contributed by atoms with Crippen molar-refractivity contribution in [3.63, 3.8) is 0 Å². The lowest BCUT2D eigenvalue weighted by molar-refractivity contribution is 0.114. The first-order valence-corrected chi connectivity index (χ1v) is 10.0. The van der Waals surface area contributed by atoms with Crippen molar-refractivity contribution in [2.24, 2.45) is 4.99 Å². The number of hydrogen-bond donors (Lipinski definition) is 1. The Morgan fingerprint density at radius 3 is 2.36 bits per heavy atom. The van der Waals surface area contributed by atoms with Crippen LogP contribution < -0.4 is 0 Å².